The van der Waals surface area contributed by atoms with Crippen molar-refractivity contribution in [2.75, 3.05) is 19.9 Å². The Bertz CT molecular complexity index is 1800. The molecule has 0 amide bonds. The molecule has 10 heteroatoms. The van der Waals surface area contributed by atoms with Gasteiger partial charge in [0.25, 0.3) is 5.69 Å². The molecule has 1 unspecified atom stereocenters. The number of hydrogen-bond acceptors (Lipinski definition) is 7. The van der Waals surface area contributed by atoms with Crippen molar-refractivity contribution in [2.24, 2.45) is 0 Å². The molecule has 0 bridgehead atoms. The lowest BCUT2D eigenvalue weighted by Gasteiger charge is -2.33. The molecule has 1 N–H and O–H groups in total. The van der Waals surface area contributed by atoms with Crippen LogP contribution in [0.3, 0.4) is 0 Å². The molecule has 47 heavy (non-hydrogen) atoms. The molecule has 0 saturated heterocycles. The predicted molar refractivity (Wildman–Crippen MR) is 183 cm³/mol. The number of allylic oxidation sites excluding steroid dienone is 1. The van der Waals surface area contributed by atoms with Crippen LogP contribution in [0.4, 0.5) is 5.69 Å². The number of benzene rings is 4. The molecule has 5 rings (SSSR count). The first-order chi connectivity index (χ1) is 22.2. The zero-order valence-electron chi connectivity index (χ0n) is 26.6. The Morgan fingerprint density at radius 2 is 1.32 bits per heavy atom. The maximum atomic E-state index is 14.1. The van der Waals surface area contributed by atoms with Crippen molar-refractivity contribution in [1.29, 1.82) is 0 Å². The summed E-state index contributed by atoms with van der Waals surface area (Å²) >= 11 is 0. The highest BCUT2D eigenvalue weighted by Gasteiger charge is 2.45. The number of dihydropyridines is 1. The Morgan fingerprint density at radius 3 is 1.87 bits per heavy atom. The number of nitrogens with zero attached hydrogens (tertiary/aromatic N) is 1. The smallest absolute Gasteiger partial charge is 0.337 e. The number of halogens is 1. The van der Waals surface area contributed by atoms with Gasteiger partial charge in [-0.1, -0.05) is 60.7 Å². The summed E-state index contributed by atoms with van der Waals surface area (Å²) in [6, 6.07) is 34.6. The number of carbonyl (C=O) groups excluding carboxylic acids is 2. The second kappa shape index (κ2) is 15.2. The second-order valence-corrected chi connectivity index (χ2v) is 14.4. The van der Waals surface area contributed by atoms with Crippen LogP contribution in [0.5, 0.6) is 0 Å². The van der Waals surface area contributed by atoms with Crippen molar-refractivity contribution in [3.63, 3.8) is 0 Å². The third-order valence-electron chi connectivity index (χ3n) is 8.17. The van der Waals surface area contributed by atoms with Crippen LogP contribution in [0.15, 0.2) is 126 Å². The number of nitrogens with one attached hydrogen (secondary N) is 1. The highest BCUT2D eigenvalue weighted by Crippen LogP contribution is 2.53. The molecule has 0 saturated carbocycles. The van der Waals surface area contributed by atoms with Gasteiger partial charge in [-0.05, 0) is 62.7 Å². The monoisotopic (exact) mass is 670 g/mol. The first-order valence-corrected chi connectivity index (χ1v) is 17.3. The lowest BCUT2D eigenvalue weighted by molar-refractivity contribution is -0.384. The van der Waals surface area contributed by atoms with Crippen molar-refractivity contribution in [3.05, 3.63) is 147 Å². The van der Waals surface area contributed by atoms with Crippen LogP contribution >= 0.6 is 7.26 Å². The van der Waals surface area contributed by atoms with Crippen molar-refractivity contribution in [2.45, 2.75) is 26.7 Å². The minimum atomic E-state index is -2.30. The molecule has 0 spiro atoms. The van der Waals surface area contributed by atoms with E-state index < -0.39 is 30.0 Å². The van der Waals surface area contributed by atoms with Crippen LogP contribution in [0, 0.1) is 10.1 Å². The van der Waals surface area contributed by atoms with Gasteiger partial charge in [-0.15, -0.1) is 0 Å². The van der Waals surface area contributed by atoms with Crippen molar-refractivity contribution < 1.29 is 36.4 Å². The van der Waals surface area contributed by atoms with Crippen LogP contribution in [0.25, 0.3) is 5.70 Å². The van der Waals surface area contributed by atoms with E-state index in [1.807, 2.05) is 54.6 Å². The molecule has 4 aromatic carbocycles. The normalized spacial score (nSPS) is 14.5. The second-order valence-electron chi connectivity index (χ2n) is 10.9. The van der Waals surface area contributed by atoms with Gasteiger partial charge in [0.1, 0.15) is 23.2 Å². The van der Waals surface area contributed by atoms with E-state index in [0.29, 0.717) is 17.0 Å². The zero-order valence-corrected chi connectivity index (χ0v) is 28.3. The van der Waals surface area contributed by atoms with E-state index >= 15 is 0 Å². The Hall–Kier alpha value is -4.78. The lowest BCUT2D eigenvalue weighted by Crippen LogP contribution is -3.00. The molecule has 1 aliphatic rings. The number of esters is 2. The Balaban J connectivity index is 0.00000500. The molecule has 1 atom stereocenters. The fraction of sp³-hybridized carbons (Fsp3) is 0.189. The molecule has 242 valence electrons. The molecule has 0 aliphatic carbocycles. The third kappa shape index (κ3) is 6.85. The maximum absolute atomic E-state index is 14.1. The largest absolute Gasteiger partial charge is 1.00 e. The van der Waals surface area contributed by atoms with E-state index in [4.69, 9.17) is 9.47 Å². The van der Waals surface area contributed by atoms with Gasteiger partial charge < -0.3 is 27.2 Å². The lowest BCUT2D eigenvalue weighted by atomic mass is 9.79. The molecule has 1 aliphatic heterocycles. The number of nitro groups is 1. The van der Waals surface area contributed by atoms with Gasteiger partial charge in [0.2, 0.25) is 0 Å². The first-order valence-electron chi connectivity index (χ1n) is 15.1. The number of non-ortho nitro benzene ring substituents is 1. The van der Waals surface area contributed by atoms with Gasteiger partial charge in [-0.2, -0.15) is 0 Å². The van der Waals surface area contributed by atoms with E-state index in [2.05, 4.69) is 42.3 Å². The summed E-state index contributed by atoms with van der Waals surface area (Å²) in [6.45, 7) is 7.63. The van der Waals surface area contributed by atoms with Crippen LogP contribution in [-0.2, 0) is 19.1 Å². The fourth-order valence-corrected chi connectivity index (χ4v) is 9.50. The average Bonchev–Trinajstić information content (AvgIpc) is 3.08. The molecule has 4 aromatic rings. The summed E-state index contributed by atoms with van der Waals surface area (Å²) in [4.78, 5) is 39.0. The van der Waals surface area contributed by atoms with Crippen molar-refractivity contribution >= 4 is 46.5 Å². The molecule has 0 radical (unpaired) electrons. The predicted octanol–water partition coefficient (Wildman–Crippen LogP) is 3.02. The van der Waals surface area contributed by atoms with Crippen LogP contribution in [0.2, 0.25) is 0 Å². The van der Waals surface area contributed by atoms with Crippen LogP contribution < -0.4 is 33.6 Å². The van der Waals surface area contributed by atoms with Gasteiger partial charge in [-0.3, -0.25) is 10.1 Å². The average molecular weight is 671 g/mol. The zero-order chi connectivity index (χ0) is 32.8. The van der Waals surface area contributed by atoms with Gasteiger partial charge in [0.15, 0.2) is 0 Å². The summed E-state index contributed by atoms with van der Waals surface area (Å²) < 4.78 is 11.1. The first kappa shape index (κ1) is 35.1. The topological polar surface area (TPSA) is 108 Å². The maximum Gasteiger partial charge on any atom is 0.337 e. The molecule has 0 fully saturated rings. The van der Waals surface area contributed by atoms with E-state index in [9.17, 15) is 19.7 Å². The minimum absolute atomic E-state index is 0. The van der Waals surface area contributed by atoms with Crippen molar-refractivity contribution in [1.82, 2.24) is 5.32 Å². The Labute approximate surface area is 281 Å². The highest BCUT2D eigenvalue weighted by molar-refractivity contribution is 7.95. The van der Waals surface area contributed by atoms with Gasteiger partial charge in [0.05, 0.1) is 47.6 Å². The minimum Gasteiger partial charge on any atom is -1.00 e. The van der Waals surface area contributed by atoms with E-state index in [-0.39, 0.29) is 42.5 Å². The van der Waals surface area contributed by atoms with E-state index in [1.165, 1.54) is 12.1 Å². The Kier molecular flexibility index (Phi) is 11.3. The number of rotatable bonds is 10. The fourth-order valence-electron chi connectivity index (χ4n) is 6.05. The van der Waals surface area contributed by atoms with Gasteiger partial charge in [-0.25, -0.2) is 9.59 Å². The van der Waals surface area contributed by atoms with Crippen LogP contribution in [-0.4, -0.2) is 36.7 Å². The summed E-state index contributed by atoms with van der Waals surface area (Å²) in [5.41, 5.74) is 2.34. The number of nitro benzene ring substituents is 1. The summed E-state index contributed by atoms with van der Waals surface area (Å²) in [7, 11) is -2.30. The molecule has 1 heterocycles. The third-order valence-corrected chi connectivity index (χ3v) is 12.2. The van der Waals surface area contributed by atoms with Crippen molar-refractivity contribution in [3.8, 4) is 0 Å². The molecular weight excluding hydrogens is 635 g/mol. The summed E-state index contributed by atoms with van der Waals surface area (Å²) in [5, 5.41) is 18.6. The SMILES string of the molecule is CCOC(=O)C1=C(C)NC(c2ccccc2[P+](C)(c2ccccc2)c2ccccc2)=C(C(=O)OCC)C1c1cccc([N+](=O)[O-])c1.[Cl-]. The van der Waals surface area contributed by atoms with E-state index in [0.717, 1.165) is 21.5 Å². The van der Waals surface area contributed by atoms with Crippen LogP contribution in [0.1, 0.15) is 37.8 Å². The number of hydrogen-bond donors (Lipinski definition) is 1. The summed E-state index contributed by atoms with van der Waals surface area (Å²) in [6.07, 6.45) is 0. The standard InChI is InChI=1S/C37H35N2O6P.ClH/c1-5-44-36(40)32-25(3)38-35(34(37(41)45-6-2)33(32)26-16-15-17-27(24-26)39(42)43)30-22-13-14-23-31(30)46(4,28-18-9-7-10-19-28)29-20-11-8-12-21-29;/h7-24,33H,5-6H2,1-4H3;1H. The number of carbonyl (C=O) groups is 2. The molecule has 8 nitrogen and oxygen atoms in total. The summed E-state index contributed by atoms with van der Waals surface area (Å²) in [5.74, 6) is -2.26. The Morgan fingerprint density at radius 1 is 0.787 bits per heavy atom. The van der Waals surface area contributed by atoms with E-state index in [1.54, 1.807) is 32.9 Å². The van der Waals surface area contributed by atoms with Gasteiger partial charge in [0, 0.05) is 23.4 Å². The molecule has 0 aromatic heterocycles. The van der Waals surface area contributed by atoms with Gasteiger partial charge >= 0.3 is 11.9 Å². The quantitative estimate of drug-likeness (QED) is 0.120. The highest BCUT2D eigenvalue weighted by atomic mass is 35.5. The molecular formula is C37H36ClN2O6P. The number of ether oxygens (including phenoxy) is 2.